The fourth-order valence-corrected chi connectivity index (χ4v) is 2.59. The zero-order valence-electron chi connectivity index (χ0n) is 12.4. The third kappa shape index (κ3) is 3.99. The first-order valence-electron chi connectivity index (χ1n) is 7.30. The topological polar surface area (TPSA) is 46.9 Å². The van der Waals surface area contributed by atoms with E-state index in [1.54, 1.807) is 18.5 Å². The summed E-state index contributed by atoms with van der Waals surface area (Å²) in [5, 5.41) is 3.56. The van der Waals surface area contributed by atoms with Gasteiger partial charge >= 0.3 is 0 Å². The van der Waals surface area contributed by atoms with E-state index >= 15 is 0 Å². The van der Waals surface area contributed by atoms with E-state index in [4.69, 9.17) is 11.6 Å². The Morgan fingerprint density at radius 2 is 1.87 bits per heavy atom. The highest BCUT2D eigenvalue weighted by Crippen LogP contribution is 2.24. The van der Waals surface area contributed by atoms with E-state index in [0.717, 1.165) is 5.56 Å². The first-order chi connectivity index (χ1) is 11.2. The molecule has 0 bridgehead atoms. The number of halogens is 1. The van der Waals surface area contributed by atoms with Crippen molar-refractivity contribution in [1.29, 1.82) is 0 Å². The molecule has 1 unspecified atom stereocenters. The van der Waals surface area contributed by atoms with Gasteiger partial charge in [-0.1, -0.05) is 23.7 Å². The lowest BCUT2D eigenvalue weighted by atomic mass is 10.0. The van der Waals surface area contributed by atoms with Gasteiger partial charge in [-0.15, -0.1) is 0 Å². The van der Waals surface area contributed by atoms with Crippen molar-refractivity contribution in [1.82, 2.24) is 9.55 Å². The van der Waals surface area contributed by atoms with Crippen LogP contribution >= 0.6 is 11.6 Å². The van der Waals surface area contributed by atoms with Crippen molar-refractivity contribution in [2.24, 2.45) is 0 Å². The standard InChI is InChI=1S/C18H16ClN3O/c19-15-7-5-14(6-8-15)17(22-10-1-2-11-22)12-18(23)21-16-4-3-9-20-13-16/h1-11,13,17H,12H2,(H,21,23). The molecule has 1 amide bonds. The molecule has 5 heteroatoms. The van der Waals surface area contributed by atoms with Gasteiger partial charge in [0, 0.05) is 23.6 Å². The van der Waals surface area contributed by atoms with Gasteiger partial charge in [0.2, 0.25) is 5.91 Å². The van der Waals surface area contributed by atoms with Crippen molar-refractivity contribution in [2.45, 2.75) is 12.5 Å². The Morgan fingerprint density at radius 3 is 2.52 bits per heavy atom. The average Bonchev–Trinajstić information content (AvgIpc) is 3.09. The van der Waals surface area contributed by atoms with E-state index in [0.29, 0.717) is 17.1 Å². The summed E-state index contributed by atoms with van der Waals surface area (Å²) in [7, 11) is 0. The molecule has 1 aromatic carbocycles. The van der Waals surface area contributed by atoms with Crippen LogP contribution in [-0.4, -0.2) is 15.5 Å². The quantitative estimate of drug-likeness (QED) is 0.765. The third-order valence-electron chi connectivity index (χ3n) is 3.57. The second kappa shape index (κ2) is 7.11. The van der Waals surface area contributed by atoms with E-state index in [1.165, 1.54) is 0 Å². The van der Waals surface area contributed by atoms with E-state index < -0.39 is 0 Å². The molecule has 1 N–H and O–H groups in total. The number of benzene rings is 1. The number of hydrogen-bond donors (Lipinski definition) is 1. The minimum atomic E-state index is -0.0843. The number of pyridine rings is 1. The molecule has 3 rings (SSSR count). The van der Waals surface area contributed by atoms with Crippen LogP contribution in [0.25, 0.3) is 0 Å². The second-order valence-electron chi connectivity index (χ2n) is 5.19. The number of nitrogens with zero attached hydrogens (tertiary/aromatic N) is 2. The van der Waals surface area contributed by atoms with Crippen LogP contribution in [-0.2, 0) is 4.79 Å². The lowest BCUT2D eigenvalue weighted by Crippen LogP contribution is -2.19. The number of hydrogen-bond acceptors (Lipinski definition) is 2. The Balaban J connectivity index is 1.79. The van der Waals surface area contributed by atoms with Crippen molar-refractivity contribution in [3.63, 3.8) is 0 Å². The Hall–Kier alpha value is -2.59. The lowest BCUT2D eigenvalue weighted by molar-refractivity contribution is -0.116. The van der Waals surface area contributed by atoms with Gasteiger partial charge in [0.1, 0.15) is 0 Å². The predicted molar refractivity (Wildman–Crippen MR) is 91.5 cm³/mol. The number of nitrogens with one attached hydrogen (secondary N) is 1. The number of carbonyl (C=O) groups is 1. The molecule has 1 atom stereocenters. The van der Waals surface area contributed by atoms with Crippen LogP contribution in [0.1, 0.15) is 18.0 Å². The van der Waals surface area contributed by atoms with Gasteiger partial charge in [-0.2, -0.15) is 0 Å². The molecule has 4 nitrogen and oxygen atoms in total. The molecule has 3 aromatic rings. The summed E-state index contributed by atoms with van der Waals surface area (Å²) in [5.41, 5.74) is 1.73. The summed E-state index contributed by atoms with van der Waals surface area (Å²) < 4.78 is 2.02. The summed E-state index contributed by atoms with van der Waals surface area (Å²) in [5.74, 6) is -0.0633. The molecule has 0 spiro atoms. The SMILES string of the molecule is O=C(CC(c1ccc(Cl)cc1)n1cccc1)Nc1cccnc1. The lowest BCUT2D eigenvalue weighted by Gasteiger charge is -2.19. The zero-order chi connectivity index (χ0) is 16.1. The van der Waals surface area contributed by atoms with Crippen LogP contribution < -0.4 is 5.32 Å². The molecule has 116 valence electrons. The van der Waals surface area contributed by atoms with Gasteiger partial charge in [0.15, 0.2) is 0 Å². The smallest absolute Gasteiger partial charge is 0.226 e. The van der Waals surface area contributed by atoms with E-state index in [9.17, 15) is 4.79 Å². The van der Waals surface area contributed by atoms with Gasteiger partial charge in [-0.25, -0.2) is 0 Å². The van der Waals surface area contributed by atoms with Crippen molar-refractivity contribution >= 4 is 23.2 Å². The van der Waals surface area contributed by atoms with E-state index in [-0.39, 0.29) is 11.9 Å². The maximum absolute atomic E-state index is 12.4. The minimum absolute atomic E-state index is 0.0633. The largest absolute Gasteiger partial charge is 0.346 e. The third-order valence-corrected chi connectivity index (χ3v) is 3.82. The van der Waals surface area contributed by atoms with Crippen LogP contribution in [0, 0.1) is 0 Å². The Labute approximate surface area is 139 Å². The first-order valence-corrected chi connectivity index (χ1v) is 7.68. The van der Waals surface area contributed by atoms with Crippen LogP contribution in [0.5, 0.6) is 0 Å². The molecular formula is C18H16ClN3O. The van der Waals surface area contributed by atoms with Crippen molar-refractivity contribution in [3.05, 3.63) is 83.9 Å². The predicted octanol–water partition coefficient (Wildman–Crippen LogP) is 4.15. The maximum Gasteiger partial charge on any atom is 0.226 e. The summed E-state index contributed by atoms with van der Waals surface area (Å²) in [4.78, 5) is 16.4. The summed E-state index contributed by atoms with van der Waals surface area (Å²) >= 11 is 5.96. The van der Waals surface area contributed by atoms with Crippen LogP contribution in [0.15, 0.2) is 73.3 Å². The number of anilines is 1. The molecule has 0 saturated carbocycles. The minimum Gasteiger partial charge on any atom is -0.346 e. The summed E-state index contributed by atoms with van der Waals surface area (Å²) in [6.45, 7) is 0. The molecule has 0 fully saturated rings. The van der Waals surface area contributed by atoms with Crippen LogP contribution in [0.3, 0.4) is 0 Å². The summed E-state index contributed by atoms with van der Waals surface area (Å²) in [6, 6.07) is 15.0. The monoisotopic (exact) mass is 325 g/mol. The molecule has 2 aromatic heterocycles. The van der Waals surface area contributed by atoms with Gasteiger partial charge < -0.3 is 9.88 Å². The van der Waals surface area contributed by atoms with Crippen LogP contribution in [0.4, 0.5) is 5.69 Å². The Morgan fingerprint density at radius 1 is 1.13 bits per heavy atom. The van der Waals surface area contributed by atoms with Gasteiger partial charge in [0.25, 0.3) is 0 Å². The maximum atomic E-state index is 12.4. The zero-order valence-corrected chi connectivity index (χ0v) is 13.1. The number of carbonyl (C=O) groups excluding carboxylic acids is 1. The molecule has 0 aliphatic heterocycles. The molecular weight excluding hydrogens is 310 g/mol. The highest BCUT2D eigenvalue weighted by molar-refractivity contribution is 6.30. The van der Waals surface area contributed by atoms with Gasteiger partial charge in [0.05, 0.1) is 24.3 Å². The highest BCUT2D eigenvalue weighted by Gasteiger charge is 2.17. The fraction of sp³-hybridized carbons (Fsp3) is 0.111. The Kier molecular flexibility index (Phi) is 4.74. The van der Waals surface area contributed by atoms with Gasteiger partial charge in [-0.05, 0) is 42.0 Å². The van der Waals surface area contributed by atoms with Crippen molar-refractivity contribution < 1.29 is 4.79 Å². The molecule has 2 heterocycles. The summed E-state index contributed by atoms with van der Waals surface area (Å²) in [6.07, 6.45) is 7.54. The van der Waals surface area contributed by atoms with Crippen molar-refractivity contribution in [2.75, 3.05) is 5.32 Å². The Bertz CT molecular complexity index is 755. The number of rotatable bonds is 5. The van der Waals surface area contributed by atoms with Gasteiger partial charge in [-0.3, -0.25) is 9.78 Å². The molecule has 0 radical (unpaired) electrons. The molecule has 0 saturated heterocycles. The van der Waals surface area contributed by atoms with E-state index in [1.807, 2.05) is 59.4 Å². The normalized spacial score (nSPS) is 11.9. The second-order valence-corrected chi connectivity index (χ2v) is 5.63. The number of amides is 1. The first kappa shape index (κ1) is 15.3. The molecule has 0 aliphatic rings. The van der Waals surface area contributed by atoms with Crippen molar-refractivity contribution in [3.8, 4) is 0 Å². The average molecular weight is 326 g/mol. The molecule has 23 heavy (non-hydrogen) atoms. The van der Waals surface area contributed by atoms with Crippen LogP contribution in [0.2, 0.25) is 5.02 Å². The molecule has 0 aliphatic carbocycles. The van der Waals surface area contributed by atoms with E-state index in [2.05, 4.69) is 10.3 Å². The highest BCUT2D eigenvalue weighted by atomic mass is 35.5. The number of aromatic nitrogens is 2. The fourth-order valence-electron chi connectivity index (χ4n) is 2.46.